The topological polar surface area (TPSA) is 102 Å². The molecule has 0 bridgehead atoms. The zero-order chi connectivity index (χ0) is 21.4. The second-order valence-electron chi connectivity index (χ2n) is 7.14. The zero-order valence-corrected chi connectivity index (χ0v) is 17.5. The Balaban J connectivity index is 1.43. The normalized spacial score (nSPS) is 12.0. The molecule has 1 N–H and O–H groups in total. The maximum absolute atomic E-state index is 12.6. The molecule has 0 fully saturated rings. The number of aromatic nitrogens is 4. The molecular weight excluding hydrogens is 414 g/mol. The molecule has 3 aromatic heterocycles. The number of hydrogen-bond donors (Lipinski definition) is 1. The standard InChI is InChI=1S/C22H19N5O3S/c1-15-17-9-5-6-10-18(17)21-24-25-22(27(21)26-15)19-11-12-20(30-19)31(28,29)23-14-13-16-7-3-2-4-8-16/h2-12,23H,13-14H2,1H3. The molecule has 3 heterocycles. The third-order valence-corrected chi connectivity index (χ3v) is 6.40. The molecule has 0 unspecified atom stereocenters. The van der Waals surface area contributed by atoms with Crippen molar-refractivity contribution < 1.29 is 12.8 Å². The van der Waals surface area contributed by atoms with Crippen LogP contribution in [0.3, 0.4) is 0 Å². The van der Waals surface area contributed by atoms with E-state index in [-0.39, 0.29) is 17.4 Å². The number of aryl methyl sites for hydroxylation is 1. The van der Waals surface area contributed by atoms with Crippen LogP contribution in [0.2, 0.25) is 0 Å². The summed E-state index contributed by atoms with van der Waals surface area (Å²) in [6.45, 7) is 2.17. The molecule has 0 amide bonds. The lowest BCUT2D eigenvalue weighted by atomic mass is 10.1. The molecule has 0 radical (unpaired) electrons. The third kappa shape index (κ3) is 3.58. The highest BCUT2D eigenvalue weighted by atomic mass is 32.2. The average Bonchev–Trinajstić information content (AvgIpc) is 3.42. The molecule has 31 heavy (non-hydrogen) atoms. The number of nitrogens with zero attached hydrogens (tertiary/aromatic N) is 4. The Morgan fingerprint density at radius 2 is 1.68 bits per heavy atom. The summed E-state index contributed by atoms with van der Waals surface area (Å²) in [6.07, 6.45) is 0.582. The Labute approximate surface area is 178 Å². The minimum atomic E-state index is -3.79. The van der Waals surface area contributed by atoms with Gasteiger partial charge < -0.3 is 4.42 Å². The molecular formula is C22H19N5O3S. The third-order valence-electron chi connectivity index (χ3n) is 5.06. The van der Waals surface area contributed by atoms with E-state index in [1.807, 2.05) is 61.5 Å². The minimum absolute atomic E-state index is 0.176. The van der Waals surface area contributed by atoms with Gasteiger partial charge in [-0.05, 0) is 31.0 Å². The number of benzene rings is 2. The van der Waals surface area contributed by atoms with Gasteiger partial charge in [-0.2, -0.15) is 9.61 Å². The van der Waals surface area contributed by atoms with Crippen molar-refractivity contribution in [2.75, 3.05) is 6.54 Å². The van der Waals surface area contributed by atoms with E-state index in [4.69, 9.17) is 4.42 Å². The Bertz CT molecular complexity index is 1490. The van der Waals surface area contributed by atoms with E-state index in [2.05, 4.69) is 20.0 Å². The maximum atomic E-state index is 12.6. The van der Waals surface area contributed by atoms with Crippen LogP contribution >= 0.6 is 0 Å². The summed E-state index contributed by atoms with van der Waals surface area (Å²) in [6, 6.07) is 20.4. The van der Waals surface area contributed by atoms with Gasteiger partial charge in [0.05, 0.1) is 5.69 Å². The van der Waals surface area contributed by atoms with E-state index in [0.29, 0.717) is 17.9 Å². The van der Waals surface area contributed by atoms with E-state index < -0.39 is 10.0 Å². The lowest BCUT2D eigenvalue weighted by Gasteiger charge is -2.05. The fourth-order valence-corrected chi connectivity index (χ4v) is 4.48. The van der Waals surface area contributed by atoms with Crippen molar-refractivity contribution in [2.45, 2.75) is 18.4 Å². The highest BCUT2D eigenvalue weighted by molar-refractivity contribution is 7.89. The van der Waals surface area contributed by atoms with Gasteiger partial charge in [-0.15, -0.1) is 10.2 Å². The van der Waals surface area contributed by atoms with Crippen LogP contribution < -0.4 is 4.72 Å². The predicted molar refractivity (Wildman–Crippen MR) is 116 cm³/mol. The van der Waals surface area contributed by atoms with Gasteiger partial charge in [-0.1, -0.05) is 54.6 Å². The van der Waals surface area contributed by atoms with Gasteiger partial charge in [0.15, 0.2) is 11.4 Å². The van der Waals surface area contributed by atoms with Crippen LogP contribution in [0.15, 0.2) is 76.2 Å². The first-order valence-corrected chi connectivity index (χ1v) is 11.3. The average molecular weight is 433 g/mol. The lowest BCUT2D eigenvalue weighted by Crippen LogP contribution is -2.25. The Morgan fingerprint density at radius 3 is 2.48 bits per heavy atom. The SMILES string of the molecule is Cc1nn2c(-c3ccc(S(=O)(=O)NCCc4ccccc4)o3)nnc2c2ccccc12. The van der Waals surface area contributed by atoms with Crippen LogP contribution in [0.4, 0.5) is 0 Å². The Kier molecular flexibility index (Phi) is 4.76. The molecule has 0 saturated carbocycles. The fraction of sp³-hybridized carbons (Fsp3) is 0.136. The number of fused-ring (bicyclic) bond motifs is 3. The van der Waals surface area contributed by atoms with Gasteiger partial charge in [-0.3, -0.25) is 0 Å². The smallest absolute Gasteiger partial charge is 0.273 e. The summed E-state index contributed by atoms with van der Waals surface area (Å²) in [7, 11) is -3.79. The number of nitrogens with one attached hydrogen (secondary N) is 1. The number of furan rings is 1. The maximum Gasteiger partial charge on any atom is 0.273 e. The van der Waals surface area contributed by atoms with Crippen molar-refractivity contribution in [1.82, 2.24) is 24.5 Å². The summed E-state index contributed by atoms with van der Waals surface area (Å²) < 4.78 is 35.1. The molecule has 0 aliphatic heterocycles. The highest BCUT2D eigenvalue weighted by Gasteiger charge is 2.22. The monoisotopic (exact) mass is 433 g/mol. The number of hydrogen-bond acceptors (Lipinski definition) is 6. The minimum Gasteiger partial charge on any atom is -0.440 e. The van der Waals surface area contributed by atoms with Crippen molar-refractivity contribution in [3.8, 4) is 11.6 Å². The molecule has 0 spiro atoms. The van der Waals surface area contributed by atoms with E-state index in [0.717, 1.165) is 22.0 Å². The summed E-state index contributed by atoms with van der Waals surface area (Å²) in [5.41, 5.74) is 2.44. The van der Waals surface area contributed by atoms with Crippen molar-refractivity contribution >= 4 is 26.4 Å². The Hall–Kier alpha value is -3.56. The van der Waals surface area contributed by atoms with Crippen LogP contribution in [-0.4, -0.2) is 34.8 Å². The largest absolute Gasteiger partial charge is 0.440 e. The van der Waals surface area contributed by atoms with E-state index in [1.165, 1.54) is 6.07 Å². The van der Waals surface area contributed by atoms with Crippen molar-refractivity contribution in [2.24, 2.45) is 0 Å². The molecule has 0 saturated heterocycles. The molecule has 2 aromatic carbocycles. The lowest BCUT2D eigenvalue weighted by molar-refractivity contribution is 0.453. The summed E-state index contributed by atoms with van der Waals surface area (Å²) in [4.78, 5) is 0. The second-order valence-corrected chi connectivity index (χ2v) is 8.84. The van der Waals surface area contributed by atoms with Crippen LogP contribution in [-0.2, 0) is 16.4 Å². The van der Waals surface area contributed by atoms with Crippen LogP contribution in [0.5, 0.6) is 0 Å². The molecule has 8 nitrogen and oxygen atoms in total. The van der Waals surface area contributed by atoms with Gasteiger partial charge >= 0.3 is 0 Å². The molecule has 0 atom stereocenters. The molecule has 5 aromatic rings. The highest BCUT2D eigenvalue weighted by Crippen LogP contribution is 2.27. The summed E-state index contributed by atoms with van der Waals surface area (Å²) in [5, 5.41) is 14.7. The van der Waals surface area contributed by atoms with Gasteiger partial charge in [0.2, 0.25) is 10.9 Å². The van der Waals surface area contributed by atoms with Gasteiger partial charge in [-0.25, -0.2) is 13.1 Å². The first-order valence-electron chi connectivity index (χ1n) is 9.77. The molecule has 5 rings (SSSR count). The molecule has 9 heteroatoms. The van der Waals surface area contributed by atoms with E-state index in [1.54, 1.807) is 10.6 Å². The molecule has 0 aliphatic rings. The van der Waals surface area contributed by atoms with Gasteiger partial charge in [0.25, 0.3) is 10.0 Å². The van der Waals surface area contributed by atoms with Crippen molar-refractivity contribution in [3.63, 3.8) is 0 Å². The van der Waals surface area contributed by atoms with Crippen LogP contribution in [0.25, 0.3) is 28.0 Å². The number of sulfonamides is 1. The van der Waals surface area contributed by atoms with Crippen LogP contribution in [0.1, 0.15) is 11.3 Å². The van der Waals surface area contributed by atoms with Crippen molar-refractivity contribution in [3.05, 3.63) is 78.0 Å². The first kappa shape index (κ1) is 19.4. The summed E-state index contributed by atoms with van der Waals surface area (Å²) in [5.74, 6) is 0.618. The number of rotatable bonds is 6. The molecule has 0 aliphatic carbocycles. The fourth-order valence-electron chi connectivity index (χ4n) is 3.52. The second kappa shape index (κ2) is 7.60. The van der Waals surface area contributed by atoms with E-state index >= 15 is 0 Å². The van der Waals surface area contributed by atoms with Crippen molar-refractivity contribution in [1.29, 1.82) is 0 Å². The van der Waals surface area contributed by atoms with E-state index in [9.17, 15) is 8.42 Å². The zero-order valence-electron chi connectivity index (χ0n) is 16.7. The predicted octanol–water partition coefficient (Wildman–Crippen LogP) is 3.37. The quantitative estimate of drug-likeness (QED) is 0.440. The van der Waals surface area contributed by atoms with Gasteiger partial charge in [0, 0.05) is 17.3 Å². The summed E-state index contributed by atoms with van der Waals surface area (Å²) >= 11 is 0. The van der Waals surface area contributed by atoms with Gasteiger partial charge in [0.1, 0.15) is 0 Å². The molecule has 156 valence electrons. The first-order chi connectivity index (χ1) is 15.0. The Morgan fingerprint density at radius 1 is 0.935 bits per heavy atom. The van der Waals surface area contributed by atoms with Crippen LogP contribution in [0, 0.1) is 6.92 Å².